The zero-order valence-corrected chi connectivity index (χ0v) is 14.5. The number of carbonyl (C=O) groups is 2. The number of hydrogen-bond acceptors (Lipinski definition) is 5. The van der Waals surface area contributed by atoms with E-state index in [-0.39, 0.29) is 12.5 Å². The third kappa shape index (κ3) is 3.79. The molecule has 0 aliphatic heterocycles. The Labute approximate surface area is 140 Å². The van der Waals surface area contributed by atoms with E-state index in [1.807, 2.05) is 20.8 Å². The van der Waals surface area contributed by atoms with E-state index >= 15 is 0 Å². The quantitative estimate of drug-likeness (QED) is 0.597. The van der Waals surface area contributed by atoms with Gasteiger partial charge in [0, 0.05) is 31.7 Å². The predicted octanol–water partition coefficient (Wildman–Crippen LogP) is 1.86. The number of likely N-dealkylation sites (N-methyl/N-ethyl adjacent to an activating group) is 1. The molecule has 7 heteroatoms. The number of carbonyl (C=O) groups excluding carboxylic acids is 2. The van der Waals surface area contributed by atoms with Crippen molar-refractivity contribution in [2.75, 3.05) is 19.7 Å². The molecule has 0 aliphatic carbocycles. The van der Waals surface area contributed by atoms with Gasteiger partial charge in [-0.15, -0.1) is 0 Å². The van der Waals surface area contributed by atoms with Gasteiger partial charge in [-0.25, -0.2) is 9.78 Å². The largest absolute Gasteiger partial charge is 0.452 e. The van der Waals surface area contributed by atoms with Gasteiger partial charge in [0.25, 0.3) is 5.91 Å². The highest BCUT2D eigenvalue weighted by Gasteiger charge is 2.17. The van der Waals surface area contributed by atoms with E-state index in [1.54, 1.807) is 22.7 Å². The van der Waals surface area contributed by atoms with E-state index in [9.17, 15) is 9.59 Å². The number of fused-ring (bicyclic) bond motifs is 1. The van der Waals surface area contributed by atoms with Crippen molar-refractivity contribution in [1.29, 1.82) is 0 Å². The lowest BCUT2D eigenvalue weighted by Gasteiger charge is -2.20. The van der Waals surface area contributed by atoms with Crippen LogP contribution in [-0.2, 0) is 16.6 Å². The number of amides is 1. The minimum atomic E-state index is -0.576. The highest BCUT2D eigenvalue weighted by molar-refractivity contribution is 5.94. The van der Waals surface area contributed by atoms with Crippen molar-refractivity contribution in [3.63, 3.8) is 0 Å². The molecule has 0 aliphatic rings. The molecule has 128 valence electrons. The van der Waals surface area contributed by atoms with E-state index in [2.05, 4.69) is 16.7 Å². The maximum atomic E-state index is 12.2. The Balaban J connectivity index is 2.06. The standard InChI is InChI=1S/C17H22N4O3/c1-6-21(9-11(2)3)15(22)10-24-17(23)13-7-14-12(4)19-20(5)16(14)18-8-13/h7-8H,2,6,9-10H2,1,3-5H3. The average molecular weight is 330 g/mol. The summed E-state index contributed by atoms with van der Waals surface area (Å²) >= 11 is 0. The van der Waals surface area contributed by atoms with Crippen molar-refractivity contribution in [3.05, 3.63) is 35.7 Å². The van der Waals surface area contributed by atoms with Gasteiger partial charge in [0.15, 0.2) is 12.3 Å². The molecular formula is C17H22N4O3. The number of rotatable bonds is 6. The van der Waals surface area contributed by atoms with Gasteiger partial charge in [-0.2, -0.15) is 5.10 Å². The highest BCUT2D eigenvalue weighted by Crippen LogP contribution is 2.17. The summed E-state index contributed by atoms with van der Waals surface area (Å²) in [5.41, 5.74) is 2.65. The van der Waals surface area contributed by atoms with E-state index in [1.165, 1.54) is 6.20 Å². The summed E-state index contributed by atoms with van der Waals surface area (Å²) in [6.07, 6.45) is 1.43. The van der Waals surface area contributed by atoms with Crippen LogP contribution in [-0.4, -0.2) is 51.2 Å². The fourth-order valence-corrected chi connectivity index (χ4v) is 2.42. The third-order valence-corrected chi connectivity index (χ3v) is 3.62. The topological polar surface area (TPSA) is 77.3 Å². The molecule has 2 aromatic heterocycles. The number of esters is 1. The Morgan fingerprint density at radius 3 is 2.75 bits per heavy atom. The molecule has 0 aromatic carbocycles. The van der Waals surface area contributed by atoms with Crippen LogP contribution in [0, 0.1) is 6.92 Å². The monoisotopic (exact) mass is 330 g/mol. The molecule has 0 saturated carbocycles. The number of aromatic nitrogens is 3. The lowest BCUT2D eigenvalue weighted by molar-refractivity contribution is -0.133. The van der Waals surface area contributed by atoms with Gasteiger partial charge in [0.2, 0.25) is 0 Å². The van der Waals surface area contributed by atoms with Gasteiger partial charge >= 0.3 is 5.97 Å². The number of pyridine rings is 1. The van der Waals surface area contributed by atoms with Gasteiger partial charge in [-0.1, -0.05) is 12.2 Å². The minimum absolute atomic E-state index is 0.250. The van der Waals surface area contributed by atoms with Crippen molar-refractivity contribution >= 4 is 22.9 Å². The van der Waals surface area contributed by atoms with Crippen LogP contribution in [0.25, 0.3) is 11.0 Å². The second-order valence-corrected chi connectivity index (χ2v) is 5.75. The van der Waals surface area contributed by atoms with Crippen LogP contribution < -0.4 is 0 Å². The van der Waals surface area contributed by atoms with E-state index in [0.717, 1.165) is 16.7 Å². The molecule has 2 heterocycles. The highest BCUT2D eigenvalue weighted by atomic mass is 16.5. The maximum Gasteiger partial charge on any atom is 0.340 e. The molecule has 24 heavy (non-hydrogen) atoms. The van der Waals surface area contributed by atoms with Crippen LogP contribution in [0.4, 0.5) is 0 Å². The van der Waals surface area contributed by atoms with Crippen LogP contribution in [0.5, 0.6) is 0 Å². The second-order valence-electron chi connectivity index (χ2n) is 5.75. The van der Waals surface area contributed by atoms with Gasteiger partial charge < -0.3 is 9.64 Å². The average Bonchev–Trinajstić information content (AvgIpc) is 2.83. The molecule has 0 fully saturated rings. The molecule has 0 N–H and O–H groups in total. The molecule has 0 bridgehead atoms. The summed E-state index contributed by atoms with van der Waals surface area (Å²) in [6, 6.07) is 1.68. The van der Waals surface area contributed by atoms with Gasteiger partial charge in [-0.05, 0) is 26.8 Å². The summed E-state index contributed by atoms with van der Waals surface area (Å²) in [6.45, 7) is 10.0. The van der Waals surface area contributed by atoms with Crippen LogP contribution in [0.15, 0.2) is 24.4 Å². The predicted molar refractivity (Wildman–Crippen MR) is 90.6 cm³/mol. The van der Waals surface area contributed by atoms with E-state index in [4.69, 9.17) is 4.74 Å². The Kier molecular flexibility index (Phi) is 5.33. The fraction of sp³-hybridized carbons (Fsp3) is 0.412. The number of aryl methyl sites for hydroxylation is 2. The number of ether oxygens (including phenoxy) is 1. The summed E-state index contributed by atoms with van der Waals surface area (Å²) in [5.74, 6) is -0.826. The van der Waals surface area contributed by atoms with Crippen molar-refractivity contribution in [3.8, 4) is 0 Å². The Bertz CT molecular complexity index is 794. The summed E-state index contributed by atoms with van der Waals surface area (Å²) in [5, 5.41) is 5.05. The number of hydrogen-bond donors (Lipinski definition) is 0. The van der Waals surface area contributed by atoms with Gasteiger partial charge in [0.1, 0.15) is 0 Å². The van der Waals surface area contributed by atoms with Crippen LogP contribution >= 0.6 is 0 Å². The third-order valence-electron chi connectivity index (χ3n) is 3.62. The SMILES string of the molecule is C=C(C)CN(CC)C(=O)COC(=O)c1cnc2c(c1)c(C)nn2C. The molecule has 0 saturated heterocycles. The summed E-state index contributed by atoms with van der Waals surface area (Å²) in [4.78, 5) is 30.1. The van der Waals surface area contributed by atoms with Crippen molar-refractivity contribution < 1.29 is 14.3 Å². The summed E-state index contributed by atoms with van der Waals surface area (Å²) < 4.78 is 6.78. The molecule has 0 radical (unpaired) electrons. The van der Waals surface area contributed by atoms with Crippen LogP contribution in [0.1, 0.15) is 29.9 Å². The van der Waals surface area contributed by atoms with Gasteiger partial charge in [0.05, 0.1) is 11.3 Å². The Hall–Kier alpha value is -2.70. The zero-order chi connectivity index (χ0) is 17.9. The van der Waals surface area contributed by atoms with Crippen molar-refractivity contribution in [1.82, 2.24) is 19.7 Å². The summed E-state index contributed by atoms with van der Waals surface area (Å²) in [7, 11) is 1.79. The first-order chi connectivity index (χ1) is 11.3. The first-order valence-electron chi connectivity index (χ1n) is 7.72. The Morgan fingerprint density at radius 1 is 1.42 bits per heavy atom. The van der Waals surface area contributed by atoms with E-state index in [0.29, 0.717) is 24.3 Å². The van der Waals surface area contributed by atoms with Crippen molar-refractivity contribution in [2.24, 2.45) is 7.05 Å². The lowest BCUT2D eigenvalue weighted by atomic mass is 10.2. The molecular weight excluding hydrogens is 308 g/mol. The fourth-order valence-electron chi connectivity index (χ4n) is 2.42. The second kappa shape index (κ2) is 7.25. The van der Waals surface area contributed by atoms with Crippen LogP contribution in [0.3, 0.4) is 0 Å². The minimum Gasteiger partial charge on any atom is -0.452 e. The Morgan fingerprint density at radius 2 is 2.12 bits per heavy atom. The lowest BCUT2D eigenvalue weighted by Crippen LogP contribution is -2.35. The molecule has 0 unspecified atom stereocenters. The smallest absolute Gasteiger partial charge is 0.340 e. The zero-order valence-electron chi connectivity index (χ0n) is 14.5. The molecule has 1 amide bonds. The van der Waals surface area contributed by atoms with Gasteiger partial charge in [-0.3, -0.25) is 9.48 Å². The normalized spacial score (nSPS) is 10.7. The first kappa shape index (κ1) is 17.7. The van der Waals surface area contributed by atoms with E-state index < -0.39 is 5.97 Å². The van der Waals surface area contributed by atoms with Crippen molar-refractivity contribution in [2.45, 2.75) is 20.8 Å². The maximum absolute atomic E-state index is 12.2. The molecule has 0 spiro atoms. The molecule has 0 atom stereocenters. The molecule has 2 aromatic rings. The molecule has 2 rings (SSSR count). The molecule has 7 nitrogen and oxygen atoms in total. The number of nitrogens with zero attached hydrogens (tertiary/aromatic N) is 4. The first-order valence-corrected chi connectivity index (χ1v) is 7.72. The van der Waals surface area contributed by atoms with Crippen LogP contribution in [0.2, 0.25) is 0 Å².